The van der Waals surface area contributed by atoms with Crippen molar-refractivity contribution in [3.05, 3.63) is 107 Å². The van der Waals surface area contributed by atoms with Crippen molar-refractivity contribution in [1.29, 1.82) is 0 Å². The van der Waals surface area contributed by atoms with E-state index in [4.69, 9.17) is 4.98 Å². The zero-order valence-electron chi connectivity index (χ0n) is 39.4. The maximum atomic E-state index is 14.2. The Balaban J connectivity index is 0.816. The van der Waals surface area contributed by atoms with Gasteiger partial charge in [-0.3, -0.25) is 19.2 Å². The number of aryl methyl sites for hydroxylation is 2. The van der Waals surface area contributed by atoms with E-state index in [1.165, 1.54) is 10.5 Å². The van der Waals surface area contributed by atoms with Crippen LogP contribution in [-0.4, -0.2) is 86.4 Å². The summed E-state index contributed by atoms with van der Waals surface area (Å²) >= 11 is 1.58. The van der Waals surface area contributed by atoms with Crippen LogP contribution < -0.4 is 25.8 Å². The lowest BCUT2D eigenvalue weighted by Crippen LogP contribution is -2.57. The predicted molar refractivity (Wildman–Crippen MR) is 264 cm³/mol. The minimum Gasteiger partial charge on any atom is -0.391 e. The van der Waals surface area contributed by atoms with Crippen LogP contribution in [0.4, 0.5) is 28.8 Å². The average molecular weight is 926 g/mol. The molecule has 4 N–H and O–H groups in total. The summed E-state index contributed by atoms with van der Waals surface area (Å²) in [6.07, 6.45) is 8.84. The van der Waals surface area contributed by atoms with Gasteiger partial charge in [0.2, 0.25) is 23.7 Å². The number of aromatic nitrogens is 3. The smallest absolute Gasteiger partial charge is 0.260 e. The van der Waals surface area contributed by atoms with Crippen LogP contribution >= 0.6 is 11.3 Å². The number of nitrogens with one attached hydrogen (secondary N) is 3. The van der Waals surface area contributed by atoms with Crippen molar-refractivity contribution in [2.75, 3.05) is 28.7 Å². The van der Waals surface area contributed by atoms with Gasteiger partial charge in [-0.25, -0.2) is 9.97 Å². The number of carbonyl (C=O) groups excluding carboxylic acids is 4. The van der Waals surface area contributed by atoms with Gasteiger partial charge in [-0.05, 0) is 92.3 Å². The molecule has 67 heavy (non-hydrogen) atoms. The summed E-state index contributed by atoms with van der Waals surface area (Å²) in [5.41, 5.74) is 8.38. The highest BCUT2D eigenvalue weighted by atomic mass is 32.1. The third kappa shape index (κ3) is 10.7. The highest BCUT2D eigenvalue weighted by Gasteiger charge is 2.45. The van der Waals surface area contributed by atoms with Crippen molar-refractivity contribution in [3.8, 4) is 10.4 Å². The average Bonchev–Trinajstić information content (AvgIpc) is 4.09. The van der Waals surface area contributed by atoms with Crippen LogP contribution in [0, 0.1) is 12.3 Å². The van der Waals surface area contributed by atoms with E-state index in [0.29, 0.717) is 23.6 Å². The van der Waals surface area contributed by atoms with Crippen LogP contribution in [0.3, 0.4) is 0 Å². The highest BCUT2D eigenvalue weighted by molar-refractivity contribution is 7.13. The first-order valence-corrected chi connectivity index (χ1v) is 24.5. The summed E-state index contributed by atoms with van der Waals surface area (Å²) in [6, 6.07) is 22.1. The van der Waals surface area contributed by atoms with Gasteiger partial charge in [-0.15, -0.1) is 11.3 Å². The Kier molecular flexibility index (Phi) is 14.4. The SMILES string of the molecule is Cc1ncsc1-c1ccc([C@H](C)NC(=O)[C@@H]2C[C@@H](O)CN2C(=O)[C@@H](NC(=O)CCCCCc2ccc(Nc3ncc4c(n3)N(C3CCCC3)c3ccccc3C(=O)N4C)cc2)C(C)(C)C)cc1. The van der Waals surface area contributed by atoms with Gasteiger partial charge in [0.25, 0.3) is 5.91 Å². The second kappa shape index (κ2) is 20.4. The molecule has 3 aliphatic rings. The second-order valence-electron chi connectivity index (χ2n) is 19.4. The number of thiazole rings is 1. The fourth-order valence-electron chi connectivity index (χ4n) is 9.57. The third-order valence-electron chi connectivity index (χ3n) is 13.4. The van der Waals surface area contributed by atoms with Gasteiger partial charge < -0.3 is 35.8 Å². The van der Waals surface area contributed by atoms with E-state index in [-0.39, 0.29) is 55.1 Å². The predicted octanol–water partition coefficient (Wildman–Crippen LogP) is 8.80. The molecule has 1 saturated carbocycles. The first kappa shape index (κ1) is 47.3. The maximum absolute atomic E-state index is 14.2. The third-order valence-corrected chi connectivity index (χ3v) is 14.3. The van der Waals surface area contributed by atoms with E-state index in [9.17, 15) is 24.3 Å². The van der Waals surface area contributed by atoms with Crippen LogP contribution in [-0.2, 0) is 20.8 Å². The fraction of sp³-hybridized carbons (Fsp3) is 0.442. The van der Waals surface area contributed by atoms with Crippen LogP contribution in [0.5, 0.6) is 0 Å². The Morgan fingerprint density at radius 3 is 2.34 bits per heavy atom. The van der Waals surface area contributed by atoms with E-state index in [1.54, 1.807) is 29.5 Å². The number of para-hydroxylation sites is 1. The fourth-order valence-corrected chi connectivity index (χ4v) is 10.4. The lowest BCUT2D eigenvalue weighted by Gasteiger charge is -2.35. The standard InChI is InChI=1S/C52H63N9O5S/c1-32(35-22-24-36(25-23-35)45-33(2)54-31-67-45)55-48(64)42-28-39(62)30-60(42)50(66)46(52(3,4)5)57-44(63)19-9-7-8-14-34-20-26-37(27-21-34)56-51-53-29-43-47(58-51)61(38-15-10-11-16-38)41-18-13-12-17-40(41)49(65)59(43)6/h12-13,17-18,20-27,29,31-32,38-39,42,46,62H,7-11,14-16,19,28,30H2,1-6H3,(H,55,64)(H,57,63)(H,53,56,58)/t32-,39+,42-,46+/m0/s1. The van der Waals surface area contributed by atoms with Crippen molar-refractivity contribution in [3.63, 3.8) is 0 Å². The largest absolute Gasteiger partial charge is 0.391 e. The topological polar surface area (TPSA) is 173 Å². The molecule has 15 heteroatoms. The molecule has 4 amide bonds. The Morgan fingerprint density at radius 2 is 1.64 bits per heavy atom. The summed E-state index contributed by atoms with van der Waals surface area (Å²) in [4.78, 5) is 75.2. The molecule has 14 nitrogen and oxygen atoms in total. The summed E-state index contributed by atoms with van der Waals surface area (Å²) in [7, 11) is 1.78. The molecule has 2 fully saturated rings. The number of β-amino-alcohol motifs (C(OH)–C–C–N with tert-alkyl or cyclic N) is 1. The highest BCUT2D eigenvalue weighted by Crippen LogP contribution is 2.43. The van der Waals surface area contributed by atoms with E-state index >= 15 is 0 Å². The lowest BCUT2D eigenvalue weighted by atomic mass is 9.85. The number of likely N-dealkylation sites (tertiary alicyclic amines) is 1. The molecule has 3 aromatic carbocycles. The Bertz CT molecular complexity index is 2570. The van der Waals surface area contributed by atoms with Crippen molar-refractivity contribution in [2.24, 2.45) is 5.41 Å². The van der Waals surface area contributed by atoms with Gasteiger partial charge in [0.05, 0.1) is 45.7 Å². The number of amides is 4. The number of rotatable bonds is 15. The number of hydrogen-bond acceptors (Lipinski definition) is 11. The quantitative estimate of drug-likeness (QED) is 0.0744. The monoisotopic (exact) mass is 925 g/mol. The van der Waals surface area contributed by atoms with Gasteiger partial charge in [0, 0.05) is 38.2 Å². The first-order chi connectivity index (χ1) is 32.2. The zero-order valence-corrected chi connectivity index (χ0v) is 40.2. The maximum Gasteiger partial charge on any atom is 0.260 e. The molecule has 0 radical (unpaired) electrons. The van der Waals surface area contributed by atoms with Crippen molar-refractivity contribution in [1.82, 2.24) is 30.5 Å². The minimum atomic E-state index is -0.877. The normalized spacial score (nSPS) is 18.3. The second-order valence-corrected chi connectivity index (χ2v) is 20.2. The summed E-state index contributed by atoms with van der Waals surface area (Å²) in [6.45, 7) is 9.58. The number of fused-ring (bicyclic) bond motifs is 2. The number of aliphatic hydroxyl groups excluding tert-OH is 1. The molecule has 5 aromatic rings. The molecule has 2 aliphatic heterocycles. The van der Waals surface area contributed by atoms with E-state index in [1.807, 2.05) is 101 Å². The van der Waals surface area contributed by atoms with Crippen LogP contribution in [0.2, 0.25) is 0 Å². The Hall–Kier alpha value is -6.19. The van der Waals surface area contributed by atoms with Crippen LogP contribution in [0.1, 0.15) is 119 Å². The number of anilines is 5. The van der Waals surface area contributed by atoms with Crippen molar-refractivity contribution in [2.45, 2.75) is 129 Å². The number of aliphatic hydroxyl groups is 1. The van der Waals surface area contributed by atoms with Gasteiger partial charge in [0.1, 0.15) is 17.8 Å². The molecule has 0 bridgehead atoms. The van der Waals surface area contributed by atoms with Gasteiger partial charge in [-0.1, -0.05) is 88.6 Å². The Labute approximate surface area is 397 Å². The first-order valence-electron chi connectivity index (χ1n) is 23.6. The van der Waals surface area contributed by atoms with Gasteiger partial charge in [-0.2, -0.15) is 4.98 Å². The molecule has 0 spiro atoms. The van der Waals surface area contributed by atoms with Crippen LogP contribution in [0.25, 0.3) is 10.4 Å². The van der Waals surface area contributed by atoms with Crippen LogP contribution in [0.15, 0.2) is 84.5 Å². The van der Waals surface area contributed by atoms with E-state index < -0.39 is 23.6 Å². The number of unbranched alkanes of at least 4 members (excludes halogenated alkanes) is 2. The van der Waals surface area contributed by atoms with E-state index in [2.05, 4.69) is 43.0 Å². The molecule has 2 aromatic heterocycles. The lowest BCUT2D eigenvalue weighted by molar-refractivity contribution is -0.144. The molecule has 8 rings (SSSR count). The van der Waals surface area contributed by atoms with E-state index in [0.717, 1.165) is 83.8 Å². The van der Waals surface area contributed by atoms with Gasteiger partial charge >= 0.3 is 0 Å². The number of carbonyl (C=O) groups is 4. The molecule has 4 heterocycles. The minimum absolute atomic E-state index is 0.0189. The van der Waals surface area contributed by atoms with Crippen molar-refractivity contribution >= 4 is 63.8 Å². The van der Waals surface area contributed by atoms with Gasteiger partial charge in [0.15, 0.2) is 5.82 Å². The number of hydrogen-bond donors (Lipinski definition) is 4. The zero-order chi connectivity index (χ0) is 47.4. The molecule has 4 atom stereocenters. The molecule has 352 valence electrons. The summed E-state index contributed by atoms with van der Waals surface area (Å²) < 4.78 is 0. The Morgan fingerprint density at radius 1 is 0.910 bits per heavy atom. The number of benzene rings is 3. The number of nitrogens with zero attached hydrogens (tertiary/aromatic N) is 6. The molecule has 0 unspecified atom stereocenters. The summed E-state index contributed by atoms with van der Waals surface area (Å²) in [5, 5.41) is 20.1. The molecular weight excluding hydrogens is 863 g/mol. The molecule has 1 saturated heterocycles. The van der Waals surface area contributed by atoms with Crippen molar-refractivity contribution < 1.29 is 24.3 Å². The molecular formula is C52H63N9O5S. The molecule has 1 aliphatic carbocycles. The summed E-state index contributed by atoms with van der Waals surface area (Å²) in [5.74, 6) is 0.172.